The zero-order valence-corrected chi connectivity index (χ0v) is 15.2. The average molecular weight is 358 g/mol. The van der Waals surface area contributed by atoms with Crippen LogP contribution < -0.4 is 5.43 Å². The maximum atomic E-state index is 12.2. The largest absolute Gasteiger partial charge is 0.378 e. The van der Waals surface area contributed by atoms with E-state index in [1.54, 1.807) is 24.3 Å². The standard InChI is InChI=1S/C23H22N2O2/c1-2-21(24-25-23(27)22(26)20-11-7-4-8-12-20)19-15-13-18(14-16-19)17-9-5-3-6-10-17/h3-16,22,26H,2H2,1H3,(H,25,27)/b24-21-/t22-/m1/s1. The zero-order chi connectivity index (χ0) is 19.1. The summed E-state index contributed by atoms with van der Waals surface area (Å²) in [6.07, 6.45) is -0.583. The van der Waals surface area contributed by atoms with Gasteiger partial charge in [-0.1, -0.05) is 91.9 Å². The maximum absolute atomic E-state index is 12.2. The Hall–Kier alpha value is -3.24. The van der Waals surface area contributed by atoms with Gasteiger partial charge in [0.05, 0.1) is 5.71 Å². The number of hydrogen-bond acceptors (Lipinski definition) is 3. The summed E-state index contributed by atoms with van der Waals surface area (Å²) in [5.41, 5.74) is 6.98. The van der Waals surface area contributed by atoms with Crippen molar-refractivity contribution in [2.24, 2.45) is 5.10 Å². The quantitative estimate of drug-likeness (QED) is 0.509. The fourth-order valence-electron chi connectivity index (χ4n) is 2.80. The second kappa shape index (κ2) is 8.92. The van der Waals surface area contributed by atoms with Gasteiger partial charge in [0.2, 0.25) is 0 Å². The SMILES string of the molecule is CC/C(=N/NC(=O)[C@H](O)c1ccccc1)c1ccc(-c2ccccc2)cc1. The minimum Gasteiger partial charge on any atom is -0.378 e. The number of benzene rings is 3. The molecule has 2 N–H and O–H groups in total. The minimum absolute atomic E-state index is 0.537. The summed E-state index contributed by atoms with van der Waals surface area (Å²) in [5, 5.41) is 14.3. The molecule has 0 fully saturated rings. The molecule has 0 aromatic heterocycles. The molecule has 1 amide bonds. The van der Waals surface area contributed by atoms with Crippen LogP contribution in [0.5, 0.6) is 0 Å². The fraction of sp³-hybridized carbons (Fsp3) is 0.130. The third-order valence-electron chi connectivity index (χ3n) is 4.32. The molecule has 27 heavy (non-hydrogen) atoms. The summed E-state index contributed by atoms with van der Waals surface area (Å²) in [5.74, 6) is -0.548. The number of aliphatic hydroxyl groups excluding tert-OH is 1. The van der Waals surface area contributed by atoms with Gasteiger partial charge in [-0.2, -0.15) is 5.10 Å². The van der Waals surface area contributed by atoms with Gasteiger partial charge >= 0.3 is 0 Å². The van der Waals surface area contributed by atoms with Crippen LogP contribution in [0.1, 0.15) is 30.6 Å². The summed E-state index contributed by atoms with van der Waals surface area (Å²) in [7, 11) is 0. The highest BCUT2D eigenvalue weighted by molar-refractivity contribution is 6.01. The Morgan fingerprint density at radius 3 is 2.04 bits per heavy atom. The highest BCUT2D eigenvalue weighted by Gasteiger charge is 2.16. The van der Waals surface area contributed by atoms with Crippen molar-refractivity contribution in [1.82, 2.24) is 5.43 Å². The molecule has 0 spiro atoms. The predicted octanol–water partition coefficient (Wildman–Crippen LogP) is 4.32. The lowest BCUT2D eigenvalue weighted by atomic mass is 10.0. The molecule has 1 atom stereocenters. The van der Waals surface area contributed by atoms with E-state index < -0.39 is 12.0 Å². The molecular formula is C23H22N2O2. The smallest absolute Gasteiger partial charge is 0.273 e. The lowest BCUT2D eigenvalue weighted by molar-refractivity contribution is -0.129. The normalized spacial score (nSPS) is 12.4. The van der Waals surface area contributed by atoms with Crippen LogP contribution in [-0.2, 0) is 4.79 Å². The first kappa shape index (κ1) is 18.5. The first-order valence-corrected chi connectivity index (χ1v) is 8.94. The Morgan fingerprint density at radius 2 is 1.44 bits per heavy atom. The van der Waals surface area contributed by atoms with Crippen molar-refractivity contribution in [3.63, 3.8) is 0 Å². The molecule has 0 bridgehead atoms. The Kier molecular flexibility index (Phi) is 6.13. The Bertz CT molecular complexity index is 904. The van der Waals surface area contributed by atoms with Gasteiger partial charge in [-0.05, 0) is 28.7 Å². The first-order chi connectivity index (χ1) is 13.2. The number of nitrogens with zero attached hydrogens (tertiary/aromatic N) is 1. The van der Waals surface area contributed by atoms with E-state index in [1.807, 2.05) is 55.5 Å². The van der Waals surface area contributed by atoms with Gasteiger partial charge in [-0.3, -0.25) is 4.79 Å². The summed E-state index contributed by atoms with van der Waals surface area (Å²) < 4.78 is 0. The van der Waals surface area contributed by atoms with Crippen molar-refractivity contribution < 1.29 is 9.90 Å². The average Bonchev–Trinajstić information content (AvgIpc) is 2.75. The van der Waals surface area contributed by atoms with Crippen LogP contribution >= 0.6 is 0 Å². The third kappa shape index (κ3) is 4.68. The number of aliphatic hydroxyl groups is 1. The fourth-order valence-corrected chi connectivity index (χ4v) is 2.80. The van der Waals surface area contributed by atoms with Crippen LogP contribution in [0.25, 0.3) is 11.1 Å². The van der Waals surface area contributed by atoms with Crippen molar-refractivity contribution in [3.8, 4) is 11.1 Å². The van der Waals surface area contributed by atoms with E-state index >= 15 is 0 Å². The van der Waals surface area contributed by atoms with Crippen molar-refractivity contribution in [1.29, 1.82) is 0 Å². The predicted molar refractivity (Wildman–Crippen MR) is 108 cm³/mol. The number of hydrogen-bond donors (Lipinski definition) is 2. The summed E-state index contributed by atoms with van der Waals surface area (Å²) in [6.45, 7) is 1.98. The number of carbonyl (C=O) groups excluding carboxylic acids is 1. The first-order valence-electron chi connectivity index (χ1n) is 8.94. The van der Waals surface area contributed by atoms with Gasteiger partial charge in [0.15, 0.2) is 6.10 Å². The van der Waals surface area contributed by atoms with Crippen LogP contribution in [-0.4, -0.2) is 16.7 Å². The van der Waals surface area contributed by atoms with E-state index in [2.05, 4.69) is 22.7 Å². The molecule has 4 heteroatoms. The second-order valence-corrected chi connectivity index (χ2v) is 6.14. The van der Waals surface area contributed by atoms with Crippen molar-refractivity contribution in [3.05, 3.63) is 96.1 Å². The van der Waals surface area contributed by atoms with Gasteiger partial charge in [0, 0.05) is 0 Å². The van der Waals surface area contributed by atoms with E-state index in [0.717, 1.165) is 22.4 Å². The molecule has 0 aliphatic rings. The third-order valence-corrected chi connectivity index (χ3v) is 4.32. The molecule has 4 nitrogen and oxygen atoms in total. The number of nitrogens with one attached hydrogen (secondary N) is 1. The van der Waals surface area contributed by atoms with Crippen molar-refractivity contribution >= 4 is 11.6 Å². The van der Waals surface area contributed by atoms with E-state index in [-0.39, 0.29) is 0 Å². The molecule has 3 rings (SSSR count). The molecule has 136 valence electrons. The molecule has 0 saturated carbocycles. The summed E-state index contributed by atoms with van der Waals surface area (Å²) in [4.78, 5) is 12.2. The summed E-state index contributed by atoms with van der Waals surface area (Å²) in [6, 6.07) is 27.0. The number of rotatable bonds is 6. The van der Waals surface area contributed by atoms with Gasteiger partial charge in [-0.25, -0.2) is 5.43 Å². The molecule has 3 aromatic carbocycles. The Labute approximate surface area is 159 Å². The molecular weight excluding hydrogens is 336 g/mol. The Balaban J connectivity index is 1.71. The topological polar surface area (TPSA) is 61.7 Å². The van der Waals surface area contributed by atoms with Crippen molar-refractivity contribution in [2.45, 2.75) is 19.4 Å². The molecule has 0 radical (unpaired) electrons. The lowest BCUT2D eigenvalue weighted by Gasteiger charge is -2.10. The highest BCUT2D eigenvalue weighted by Crippen LogP contribution is 2.20. The highest BCUT2D eigenvalue weighted by atomic mass is 16.3. The van der Waals surface area contributed by atoms with Crippen LogP contribution in [0.4, 0.5) is 0 Å². The van der Waals surface area contributed by atoms with E-state index in [9.17, 15) is 9.90 Å². The molecule has 0 aliphatic heterocycles. The van der Waals surface area contributed by atoms with Crippen molar-refractivity contribution in [2.75, 3.05) is 0 Å². The van der Waals surface area contributed by atoms with Gasteiger partial charge in [0.25, 0.3) is 5.91 Å². The summed E-state index contributed by atoms with van der Waals surface area (Å²) >= 11 is 0. The number of amides is 1. The maximum Gasteiger partial charge on any atom is 0.273 e. The molecule has 3 aromatic rings. The molecule has 0 aliphatic carbocycles. The second-order valence-electron chi connectivity index (χ2n) is 6.14. The van der Waals surface area contributed by atoms with Crippen LogP contribution in [0.3, 0.4) is 0 Å². The van der Waals surface area contributed by atoms with Crippen LogP contribution in [0, 0.1) is 0 Å². The number of carbonyl (C=O) groups is 1. The van der Waals surface area contributed by atoms with E-state index in [4.69, 9.17) is 0 Å². The lowest BCUT2D eigenvalue weighted by Crippen LogP contribution is -2.26. The Morgan fingerprint density at radius 1 is 0.889 bits per heavy atom. The monoisotopic (exact) mass is 358 g/mol. The van der Waals surface area contributed by atoms with Gasteiger partial charge < -0.3 is 5.11 Å². The minimum atomic E-state index is -1.24. The van der Waals surface area contributed by atoms with Gasteiger partial charge in [-0.15, -0.1) is 0 Å². The van der Waals surface area contributed by atoms with E-state index in [0.29, 0.717) is 12.0 Å². The molecule has 0 unspecified atom stereocenters. The van der Waals surface area contributed by atoms with Crippen LogP contribution in [0.2, 0.25) is 0 Å². The van der Waals surface area contributed by atoms with Gasteiger partial charge in [0.1, 0.15) is 0 Å². The zero-order valence-electron chi connectivity index (χ0n) is 15.2. The van der Waals surface area contributed by atoms with Crippen LogP contribution in [0.15, 0.2) is 90.0 Å². The van der Waals surface area contributed by atoms with E-state index in [1.165, 1.54) is 0 Å². The number of hydrazone groups is 1. The molecule has 0 heterocycles. The molecule has 0 saturated heterocycles.